The highest BCUT2D eigenvalue weighted by Crippen LogP contribution is 2.52. The van der Waals surface area contributed by atoms with Gasteiger partial charge in [-0.25, -0.2) is 0 Å². The van der Waals surface area contributed by atoms with Gasteiger partial charge in [0, 0.05) is 0 Å². The van der Waals surface area contributed by atoms with Gasteiger partial charge in [-0.3, -0.25) is 23.7 Å². The number of nitrogens with zero attached hydrogens (tertiary/aromatic N) is 2. The molecule has 0 spiro atoms. The molecule has 0 fully saturated rings. The summed E-state index contributed by atoms with van der Waals surface area (Å²) in [6, 6.07) is 12.1. The van der Waals surface area contributed by atoms with E-state index in [0.717, 1.165) is 0 Å². The maximum Gasteiger partial charge on any atom is 0.374 e. The lowest BCUT2D eigenvalue weighted by Crippen LogP contribution is -2.34. The second kappa shape index (κ2) is 7.04. The Hall–Kier alpha value is -3.13. The van der Waals surface area contributed by atoms with Gasteiger partial charge in [-0.05, 0) is 30.7 Å². The average Bonchev–Trinajstić information content (AvgIpc) is 3.10. The summed E-state index contributed by atoms with van der Waals surface area (Å²) in [5.41, 5.74) is 0.394. The summed E-state index contributed by atoms with van der Waals surface area (Å²) in [7, 11) is -4.26. The number of rotatable bonds is 6. The molecule has 2 aliphatic heterocycles. The van der Waals surface area contributed by atoms with Crippen LogP contribution in [0.15, 0.2) is 48.5 Å². The van der Waals surface area contributed by atoms with Crippen molar-refractivity contribution in [2.45, 2.75) is 13.3 Å². The van der Waals surface area contributed by atoms with Gasteiger partial charge in [0.25, 0.3) is 23.6 Å². The van der Waals surface area contributed by atoms with E-state index in [4.69, 9.17) is 9.25 Å². The zero-order valence-corrected chi connectivity index (χ0v) is 16.1. The van der Waals surface area contributed by atoms with E-state index in [-0.39, 0.29) is 34.8 Å². The Bertz CT molecular complexity index is 962. The predicted octanol–water partition coefficient (Wildman–Crippen LogP) is 3.05. The fraction of sp³-hybridized carbons (Fsp3) is 0.158. The minimum Gasteiger partial charge on any atom is -0.266 e. The summed E-state index contributed by atoms with van der Waals surface area (Å²) in [5.74, 6) is -3.19. The number of hydrogen-bond donors (Lipinski definition) is 0. The Balaban J connectivity index is 1.61. The van der Waals surface area contributed by atoms with E-state index < -0.39 is 31.2 Å². The predicted molar refractivity (Wildman–Crippen MR) is 98.8 cm³/mol. The van der Waals surface area contributed by atoms with Crippen molar-refractivity contribution >= 4 is 31.2 Å². The van der Waals surface area contributed by atoms with Crippen molar-refractivity contribution in [1.29, 1.82) is 0 Å². The summed E-state index contributed by atoms with van der Waals surface area (Å²) in [6.45, 7) is 1.67. The number of imide groups is 2. The van der Waals surface area contributed by atoms with Gasteiger partial charge in [0.05, 0.1) is 28.4 Å². The molecule has 148 valence electrons. The molecule has 2 heterocycles. The van der Waals surface area contributed by atoms with Crippen LogP contribution in [-0.4, -0.2) is 39.9 Å². The molecule has 2 aliphatic rings. The third-order valence-corrected chi connectivity index (χ3v) is 6.24. The fourth-order valence-electron chi connectivity index (χ4n) is 3.10. The van der Waals surface area contributed by atoms with E-state index in [1.54, 1.807) is 31.2 Å². The normalized spacial score (nSPS) is 15.9. The van der Waals surface area contributed by atoms with Gasteiger partial charge in [-0.15, -0.1) is 10.1 Å². The van der Waals surface area contributed by atoms with E-state index in [0.29, 0.717) is 10.1 Å². The number of hydroxylamine groups is 4. The average molecular weight is 414 g/mol. The van der Waals surface area contributed by atoms with Crippen LogP contribution in [-0.2, 0) is 13.8 Å². The van der Waals surface area contributed by atoms with Crippen LogP contribution in [0.1, 0.15) is 54.8 Å². The molecule has 0 aliphatic carbocycles. The molecule has 0 saturated heterocycles. The fourth-order valence-corrected chi connectivity index (χ4v) is 4.64. The highest BCUT2D eigenvalue weighted by molar-refractivity contribution is 7.53. The molecule has 0 N–H and O–H groups in total. The van der Waals surface area contributed by atoms with Gasteiger partial charge in [0.1, 0.15) is 0 Å². The lowest BCUT2D eigenvalue weighted by molar-refractivity contribution is -0.0589. The standard InChI is InChI=1S/C19H15N2O7P/c1-2-11-29(26,27-20-16(22)12-7-3-4-8-13(12)17(20)23)28-21-18(24)14-9-5-6-10-15(14)19(21)25/h3-10H,2,11H2,1H3. The molecule has 0 unspecified atom stereocenters. The quantitative estimate of drug-likeness (QED) is 0.528. The third kappa shape index (κ3) is 3.09. The number of benzene rings is 2. The summed E-state index contributed by atoms with van der Waals surface area (Å²) in [4.78, 5) is 50.0. The van der Waals surface area contributed by atoms with Crippen molar-refractivity contribution in [2.24, 2.45) is 0 Å². The lowest BCUT2D eigenvalue weighted by Gasteiger charge is -2.24. The van der Waals surface area contributed by atoms with Crippen LogP contribution < -0.4 is 0 Å². The number of amides is 4. The van der Waals surface area contributed by atoms with Crippen LogP contribution in [0.25, 0.3) is 0 Å². The summed E-state index contributed by atoms with van der Waals surface area (Å²) >= 11 is 0. The lowest BCUT2D eigenvalue weighted by atomic mass is 10.1. The zero-order chi connectivity index (χ0) is 20.8. The molecule has 0 bridgehead atoms. The number of carbonyl (C=O) groups is 4. The molecule has 29 heavy (non-hydrogen) atoms. The maximum absolute atomic E-state index is 13.3. The van der Waals surface area contributed by atoms with Gasteiger partial charge >= 0.3 is 7.60 Å². The first kappa shape index (κ1) is 19.2. The van der Waals surface area contributed by atoms with Gasteiger partial charge < -0.3 is 0 Å². The molecule has 10 heteroatoms. The molecule has 0 radical (unpaired) electrons. The molecule has 0 atom stereocenters. The highest BCUT2D eigenvalue weighted by atomic mass is 31.2. The van der Waals surface area contributed by atoms with E-state index in [2.05, 4.69) is 0 Å². The number of hydrogen-bond acceptors (Lipinski definition) is 7. The summed E-state index contributed by atoms with van der Waals surface area (Å²) in [5, 5.41) is 0.721. The van der Waals surface area contributed by atoms with Crippen molar-refractivity contribution in [3.8, 4) is 0 Å². The van der Waals surface area contributed by atoms with Gasteiger partial charge in [-0.2, -0.15) is 9.25 Å². The smallest absolute Gasteiger partial charge is 0.266 e. The summed E-state index contributed by atoms with van der Waals surface area (Å²) in [6.07, 6.45) is 0.0530. The van der Waals surface area contributed by atoms with Crippen molar-refractivity contribution in [2.75, 3.05) is 6.16 Å². The molecule has 0 saturated carbocycles. The van der Waals surface area contributed by atoms with Crippen molar-refractivity contribution in [3.63, 3.8) is 0 Å². The van der Waals surface area contributed by atoms with Crippen molar-refractivity contribution < 1.29 is 33.0 Å². The minimum atomic E-state index is -4.26. The second-order valence-corrected chi connectivity index (χ2v) is 8.39. The molecule has 4 amide bonds. The van der Waals surface area contributed by atoms with Crippen LogP contribution in [0.2, 0.25) is 0 Å². The first-order valence-electron chi connectivity index (χ1n) is 8.80. The molecule has 4 rings (SSSR count). The first-order chi connectivity index (χ1) is 13.9. The molecular formula is C19H15N2O7P. The van der Waals surface area contributed by atoms with Crippen LogP contribution in [0.3, 0.4) is 0 Å². The van der Waals surface area contributed by atoms with Crippen molar-refractivity contribution in [3.05, 3.63) is 70.8 Å². The zero-order valence-electron chi connectivity index (χ0n) is 15.2. The summed E-state index contributed by atoms with van der Waals surface area (Å²) < 4.78 is 23.7. The van der Waals surface area contributed by atoms with Gasteiger partial charge in [-0.1, -0.05) is 31.2 Å². The number of fused-ring (bicyclic) bond motifs is 2. The maximum atomic E-state index is 13.3. The van der Waals surface area contributed by atoms with Gasteiger partial charge in [0.15, 0.2) is 0 Å². The minimum absolute atomic E-state index is 0.0984. The third-order valence-electron chi connectivity index (χ3n) is 4.42. The Labute approximate surface area is 165 Å². The molecule has 0 aromatic heterocycles. The topological polar surface area (TPSA) is 110 Å². The van der Waals surface area contributed by atoms with E-state index in [1.165, 1.54) is 24.3 Å². The SMILES string of the molecule is CCCP(=O)(ON1C(=O)c2ccccc2C1=O)ON1C(=O)c2ccccc2C1=O. The Morgan fingerprint density at radius 1 is 0.690 bits per heavy atom. The van der Waals surface area contributed by atoms with Crippen LogP contribution in [0, 0.1) is 0 Å². The molecule has 2 aromatic rings. The Kier molecular flexibility index (Phi) is 4.66. The molecular weight excluding hydrogens is 399 g/mol. The largest absolute Gasteiger partial charge is 0.374 e. The van der Waals surface area contributed by atoms with Gasteiger partial charge in [0.2, 0.25) is 0 Å². The highest BCUT2D eigenvalue weighted by Gasteiger charge is 2.46. The van der Waals surface area contributed by atoms with Crippen LogP contribution in [0.5, 0.6) is 0 Å². The first-order valence-corrected chi connectivity index (χ1v) is 10.5. The van der Waals surface area contributed by atoms with Crippen LogP contribution >= 0.6 is 7.60 Å². The van der Waals surface area contributed by atoms with E-state index in [1.807, 2.05) is 0 Å². The molecule has 2 aromatic carbocycles. The van der Waals surface area contributed by atoms with Crippen molar-refractivity contribution in [1.82, 2.24) is 10.1 Å². The second-order valence-electron chi connectivity index (χ2n) is 6.40. The number of carbonyl (C=O) groups excluding carboxylic acids is 4. The Morgan fingerprint density at radius 3 is 1.28 bits per heavy atom. The van der Waals surface area contributed by atoms with E-state index >= 15 is 0 Å². The van der Waals surface area contributed by atoms with Crippen LogP contribution in [0.4, 0.5) is 0 Å². The molecule has 9 nitrogen and oxygen atoms in total. The Morgan fingerprint density at radius 2 is 1.00 bits per heavy atom. The monoisotopic (exact) mass is 414 g/mol. The van der Waals surface area contributed by atoms with E-state index in [9.17, 15) is 23.7 Å².